The quantitative estimate of drug-likeness (QED) is 0.586. The first-order valence-electron chi connectivity index (χ1n) is 10.1. The van der Waals surface area contributed by atoms with E-state index in [0.717, 1.165) is 24.1 Å². The van der Waals surface area contributed by atoms with Gasteiger partial charge in [-0.05, 0) is 73.0 Å². The topological polar surface area (TPSA) is 66.9 Å². The van der Waals surface area contributed by atoms with E-state index in [4.69, 9.17) is 4.74 Å². The van der Waals surface area contributed by atoms with Crippen molar-refractivity contribution in [1.29, 1.82) is 0 Å². The van der Waals surface area contributed by atoms with Gasteiger partial charge in [-0.15, -0.1) is 0 Å². The summed E-state index contributed by atoms with van der Waals surface area (Å²) in [4.78, 5) is 13.8. The highest BCUT2D eigenvalue weighted by Crippen LogP contribution is 2.32. The third-order valence-corrected chi connectivity index (χ3v) is 7.17. The Kier molecular flexibility index (Phi) is 5.69. The first-order valence-corrected chi connectivity index (χ1v) is 11.5. The SMILES string of the molecule is CC(=O)N1CCCc2cc(S(=O)(=O)N(C)c3ccc(Oc4ccccc4)cc3)ccc21. The fourth-order valence-electron chi connectivity index (χ4n) is 3.71. The van der Waals surface area contributed by atoms with Crippen molar-refractivity contribution in [3.8, 4) is 11.5 Å². The number of fused-ring (bicyclic) bond motifs is 1. The van der Waals surface area contributed by atoms with E-state index in [2.05, 4.69) is 0 Å². The van der Waals surface area contributed by atoms with Crippen LogP contribution in [0.1, 0.15) is 18.9 Å². The zero-order valence-electron chi connectivity index (χ0n) is 17.5. The van der Waals surface area contributed by atoms with Crippen molar-refractivity contribution >= 4 is 27.3 Å². The predicted octanol–water partition coefficient (Wildman–Crippen LogP) is 4.60. The predicted molar refractivity (Wildman–Crippen MR) is 121 cm³/mol. The molecule has 0 N–H and O–H groups in total. The summed E-state index contributed by atoms with van der Waals surface area (Å²) in [6.45, 7) is 2.18. The zero-order chi connectivity index (χ0) is 22.0. The van der Waals surface area contributed by atoms with Crippen LogP contribution in [0.25, 0.3) is 0 Å². The van der Waals surface area contributed by atoms with Gasteiger partial charge in [-0.3, -0.25) is 9.10 Å². The molecule has 1 heterocycles. The van der Waals surface area contributed by atoms with Crippen LogP contribution in [0.15, 0.2) is 77.7 Å². The van der Waals surface area contributed by atoms with Gasteiger partial charge < -0.3 is 9.64 Å². The summed E-state index contributed by atoms with van der Waals surface area (Å²) < 4.78 is 33.5. The number of sulfonamides is 1. The van der Waals surface area contributed by atoms with Gasteiger partial charge in [0.05, 0.1) is 10.6 Å². The number of rotatable bonds is 5. The molecule has 1 aliphatic heterocycles. The molecule has 0 radical (unpaired) electrons. The third-order valence-electron chi connectivity index (χ3n) is 5.39. The van der Waals surface area contributed by atoms with Crippen LogP contribution in [0.2, 0.25) is 0 Å². The number of para-hydroxylation sites is 1. The fraction of sp³-hybridized carbons (Fsp3) is 0.208. The molecule has 0 unspecified atom stereocenters. The molecule has 3 aromatic carbocycles. The summed E-state index contributed by atoms with van der Waals surface area (Å²) in [6.07, 6.45) is 1.56. The molecule has 1 amide bonds. The Balaban J connectivity index is 1.57. The Labute approximate surface area is 182 Å². The van der Waals surface area contributed by atoms with Gasteiger partial charge in [-0.2, -0.15) is 0 Å². The molecule has 4 rings (SSSR count). The Hall–Kier alpha value is -3.32. The van der Waals surface area contributed by atoms with E-state index in [0.29, 0.717) is 23.7 Å². The number of hydrogen-bond donors (Lipinski definition) is 0. The number of hydrogen-bond acceptors (Lipinski definition) is 4. The van der Waals surface area contributed by atoms with Crippen LogP contribution >= 0.6 is 0 Å². The first kappa shape index (κ1) is 20.9. The maximum absolute atomic E-state index is 13.2. The van der Waals surface area contributed by atoms with Crippen LogP contribution in [-0.4, -0.2) is 27.9 Å². The number of amides is 1. The van der Waals surface area contributed by atoms with E-state index in [-0.39, 0.29) is 10.8 Å². The van der Waals surface area contributed by atoms with E-state index in [9.17, 15) is 13.2 Å². The van der Waals surface area contributed by atoms with Crippen molar-refractivity contribution < 1.29 is 17.9 Å². The van der Waals surface area contributed by atoms with Crippen LogP contribution in [-0.2, 0) is 21.2 Å². The molecule has 0 saturated carbocycles. The highest BCUT2D eigenvalue weighted by atomic mass is 32.2. The third kappa shape index (κ3) is 4.27. The van der Waals surface area contributed by atoms with Crippen LogP contribution < -0.4 is 13.9 Å². The molecule has 0 atom stereocenters. The van der Waals surface area contributed by atoms with Crippen LogP contribution in [0.5, 0.6) is 11.5 Å². The van der Waals surface area contributed by atoms with E-state index in [1.165, 1.54) is 18.3 Å². The number of carbonyl (C=O) groups excluding carboxylic acids is 1. The van der Waals surface area contributed by atoms with Gasteiger partial charge in [-0.25, -0.2) is 8.42 Å². The fourth-order valence-corrected chi connectivity index (χ4v) is 4.95. The number of benzene rings is 3. The minimum absolute atomic E-state index is 0.0357. The van der Waals surface area contributed by atoms with Crippen molar-refractivity contribution in [2.24, 2.45) is 0 Å². The van der Waals surface area contributed by atoms with E-state index < -0.39 is 10.0 Å². The largest absolute Gasteiger partial charge is 0.457 e. The summed E-state index contributed by atoms with van der Waals surface area (Å²) in [6, 6.07) is 21.3. The van der Waals surface area contributed by atoms with Crippen LogP contribution in [0.3, 0.4) is 0 Å². The number of aryl methyl sites for hydroxylation is 1. The van der Waals surface area contributed by atoms with E-state index >= 15 is 0 Å². The lowest BCUT2D eigenvalue weighted by Crippen LogP contribution is -2.34. The van der Waals surface area contributed by atoms with Gasteiger partial charge in [0.25, 0.3) is 10.0 Å². The standard InChI is InChI=1S/C24H24N2O4S/c1-18(27)26-16-6-7-19-17-23(14-15-24(19)26)31(28,29)25(2)20-10-12-22(13-11-20)30-21-8-4-3-5-9-21/h3-5,8-15,17H,6-7,16H2,1-2H3. The molecule has 160 valence electrons. The lowest BCUT2D eigenvalue weighted by atomic mass is 10.0. The molecule has 0 fully saturated rings. The molecule has 6 nitrogen and oxygen atoms in total. The second kappa shape index (κ2) is 8.43. The molecule has 0 spiro atoms. The Bertz CT molecular complexity index is 1190. The number of carbonyl (C=O) groups is 1. The van der Waals surface area contributed by atoms with Crippen LogP contribution in [0, 0.1) is 0 Å². The molecular formula is C24H24N2O4S. The lowest BCUT2D eigenvalue weighted by molar-refractivity contribution is -0.116. The summed E-state index contributed by atoms with van der Waals surface area (Å²) in [5.41, 5.74) is 2.20. The van der Waals surface area contributed by atoms with Gasteiger partial charge in [0, 0.05) is 26.2 Å². The van der Waals surface area contributed by atoms with Gasteiger partial charge in [0.15, 0.2) is 0 Å². The van der Waals surface area contributed by atoms with Crippen molar-refractivity contribution in [1.82, 2.24) is 0 Å². The average Bonchev–Trinajstić information content (AvgIpc) is 2.79. The summed E-state index contributed by atoms with van der Waals surface area (Å²) >= 11 is 0. The average molecular weight is 437 g/mol. The number of anilines is 2. The minimum atomic E-state index is -3.75. The molecule has 0 bridgehead atoms. The van der Waals surface area contributed by atoms with Gasteiger partial charge in [0.1, 0.15) is 11.5 Å². The van der Waals surface area contributed by atoms with Crippen LogP contribution in [0.4, 0.5) is 11.4 Å². The summed E-state index contributed by atoms with van der Waals surface area (Å²) in [7, 11) is -2.21. The molecular weight excluding hydrogens is 412 g/mol. The van der Waals surface area contributed by atoms with Crippen molar-refractivity contribution in [3.63, 3.8) is 0 Å². The zero-order valence-corrected chi connectivity index (χ0v) is 18.3. The van der Waals surface area contributed by atoms with Gasteiger partial charge in [-0.1, -0.05) is 18.2 Å². The summed E-state index contributed by atoms with van der Waals surface area (Å²) in [5, 5.41) is 0. The summed E-state index contributed by atoms with van der Waals surface area (Å²) in [5.74, 6) is 1.30. The molecule has 31 heavy (non-hydrogen) atoms. The molecule has 1 aliphatic rings. The number of ether oxygens (including phenoxy) is 1. The van der Waals surface area contributed by atoms with Crippen molar-refractivity contribution in [2.75, 3.05) is 22.8 Å². The molecule has 7 heteroatoms. The second-order valence-electron chi connectivity index (χ2n) is 7.45. The Morgan fingerprint density at radius 1 is 0.968 bits per heavy atom. The van der Waals surface area contributed by atoms with Crippen molar-refractivity contribution in [2.45, 2.75) is 24.7 Å². The maximum Gasteiger partial charge on any atom is 0.264 e. The smallest absolute Gasteiger partial charge is 0.264 e. The Morgan fingerprint density at radius 2 is 1.65 bits per heavy atom. The van der Waals surface area contributed by atoms with E-state index in [1.807, 2.05) is 30.3 Å². The molecule has 0 aliphatic carbocycles. The lowest BCUT2D eigenvalue weighted by Gasteiger charge is -2.29. The van der Waals surface area contributed by atoms with E-state index in [1.54, 1.807) is 47.4 Å². The minimum Gasteiger partial charge on any atom is -0.457 e. The first-order chi connectivity index (χ1) is 14.9. The van der Waals surface area contributed by atoms with Gasteiger partial charge >= 0.3 is 0 Å². The second-order valence-corrected chi connectivity index (χ2v) is 9.42. The highest BCUT2D eigenvalue weighted by molar-refractivity contribution is 7.92. The molecule has 0 aromatic heterocycles. The van der Waals surface area contributed by atoms with Crippen molar-refractivity contribution in [3.05, 3.63) is 78.4 Å². The monoisotopic (exact) mass is 436 g/mol. The molecule has 0 saturated heterocycles. The molecule has 3 aromatic rings. The normalized spacial score (nSPS) is 13.4. The highest BCUT2D eigenvalue weighted by Gasteiger charge is 2.26. The number of nitrogens with zero attached hydrogens (tertiary/aromatic N) is 2. The Morgan fingerprint density at radius 3 is 2.32 bits per heavy atom. The maximum atomic E-state index is 13.2. The van der Waals surface area contributed by atoms with Gasteiger partial charge in [0.2, 0.25) is 5.91 Å².